The Morgan fingerprint density at radius 3 is 2.96 bits per heavy atom. The van der Waals surface area contributed by atoms with Gasteiger partial charge in [-0.15, -0.1) is 11.3 Å². The van der Waals surface area contributed by atoms with Gasteiger partial charge in [0, 0.05) is 41.4 Å². The summed E-state index contributed by atoms with van der Waals surface area (Å²) in [6.07, 6.45) is 4.25. The number of pyridine rings is 1. The van der Waals surface area contributed by atoms with Crippen molar-refractivity contribution in [2.75, 3.05) is 6.54 Å². The highest BCUT2D eigenvalue weighted by molar-refractivity contribution is 7.15. The number of nitrogens with one attached hydrogen (secondary N) is 1. The molecular formula is C19H16N4OS. The van der Waals surface area contributed by atoms with E-state index in [1.807, 2.05) is 25.1 Å². The minimum Gasteiger partial charge on any atom is -0.352 e. The molecule has 0 spiro atoms. The average Bonchev–Trinajstić information content (AvgIpc) is 3.03. The Morgan fingerprint density at radius 1 is 1.32 bits per heavy atom. The summed E-state index contributed by atoms with van der Waals surface area (Å²) in [5.41, 5.74) is 2.95. The smallest absolute Gasteiger partial charge is 0.251 e. The fourth-order valence-electron chi connectivity index (χ4n) is 2.39. The Morgan fingerprint density at radius 2 is 2.20 bits per heavy atom. The van der Waals surface area contributed by atoms with Gasteiger partial charge in [0.15, 0.2) is 0 Å². The van der Waals surface area contributed by atoms with Crippen LogP contribution in [0, 0.1) is 18.3 Å². The van der Waals surface area contributed by atoms with E-state index in [9.17, 15) is 4.79 Å². The van der Waals surface area contributed by atoms with E-state index in [1.54, 1.807) is 48.0 Å². The molecule has 0 fully saturated rings. The van der Waals surface area contributed by atoms with Crippen LogP contribution < -0.4 is 5.32 Å². The molecule has 0 aliphatic rings. The zero-order valence-corrected chi connectivity index (χ0v) is 14.5. The lowest BCUT2D eigenvalue weighted by Gasteiger charge is -2.05. The normalized spacial score (nSPS) is 10.2. The molecule has 1 amide bonds. The number of amides is 1. The van der Waals surface area contributed by atoms with Crippen LogP contribution in [0.25, 0.3) is 10.6 Å². The highest BCUT2D eigenvalue weighted by Crippen LogP contribution is 2.27. The van der Waals surface area contributed by atoms with E-state index in [0.717, 1.165) is 21.1 Å². The Labute approximate surface area is 150 Å². The molecule has 25 heavy (non-hydrogen) atoms. The summed E-state index contributed by atoms with van der Waals surface area (Å²) in [5, 5.41) is 12.7. The van der Waals surface area contributed by atoms with Gasteiger partial charge in [-0.05, 0) is 37.3 Å². The standard InChI is InChI=1S/C19H16N4OS/c1-13-17(25-19(23-13)16-6-3-8-21-12-16)7-9-22-18(24)15-5-2-4-14(10-15)11-20/h2-6,8,10,12H,7,9H2,1H3,(H,22,24). The molecule has 1 N–H and O–H groups in total. The molecule has 2 heterocycles. The molecule has 5 nitrogen and oxygen atoms in total. The van der Waals surface area contributed by atoms with Crippen LogP contribution in [0.2, 0.25) is 0 Å². The molecule has 1 aromatic carbocycles. The third kappa shape index (κ3) is 4.08. The number of aryl methyl sites for hydroxylation is 1. The highest BCUT2D eigenvalue weighted by atomic mass is 32.1. The molecule has 6 heteroatoms. The van der Waals surface area contributed by atoms with Crippen LogP contribution >= 0.6 is 11.3 Å². The first kappa shape index (κ1) is 16.8. The Bertz CT molecular complexity index is 928. The monoisotopic (exact) mass is 348 g/mol. The summed E-state index contributed by atoms with van der Waals surface area (Å²) in [7, 11) is 0. The van der Waals surface area contributed by atoms with Crippen molar-refractivity contribution in [3.8, 4) is 16.6 Å². The number of nitriles is 1. The maximum absolute atomic E-state index is 12.2. The van der Waals surface area contributed by atoms with Gasteiger partial charge < -0.3 is 5.32 Å². The van der Waals surface area contributed by atoms with Crippen molar-refractivity contribution in [3.63, 3.8) is 0 Å². The van der Waals surface area contributed by atoms with Gasteiger partial charge in [-0.3, -0.25) is 9.78 Å². The van der Waals surface area contributed by atoms with Crippen LogP contribution in [0.5, 0.6) is 0 Å². The second kappa shape index (κ2) is 7.69. The average molecular weight is 348 g/mol. The molecule has 0 bridgehead atoms. The molecular weight excluding hydrogens is 332 g/mol. The molecule has 0 saturated heterocycles. The van der Waals surface area contributed by atoms with Crippen LogP contribution in [0.3, 0.4) is 0 Å². The largest absolute Gasteiger partial charge is 0.352 e. The lowest BCUT2D eigenvalue weighted by Crippen LogP contribution is -2.25. The van der Waals surface area contributed by atoms with Gasteiger partial charge in [-0.2, -0.15) is 5.26 Å². The molecule has 3 rings (SSSR count). The predicted molar refractivity (Wildman–Crippen MR) is 97.3 cm³/mol. The van der Waals surface area contributed by atoms with E-state index < -0.39 is 0 Å². The van der Waals surface area contributed by atoms with Gasteiger partial charge in [0.1, 0.15) is 5.01 Å². The van der Waals surface area contributed by atoms with Crippen molar-refractivity contribution < 1.29 is 4.79 Å². The van der Waals surface area contributed by atoms with E-state index in [2.05, 4.69) is 15.3 Å². The summed E-state index contributed by atoms with van der Waals surface area (Å²) in [6.45, 7) is 2.50. The molecule has 124 valence electrons. The lowest BCUT2D eigenvalue weighted by atomic mass is 10.1. The van der Waals surface area contributed by atoms with Crippen molar-refractivity contribution in [3.05, 3.63) is 70.5 Å². The molecule has 2 aromatic heterocycles. The Balaban J connectivity index is 1.62. The minimum absolute atomic E-state index is 0.174. The maximum Gasteiger partial charge on any atom is 0.251 e. The number of hydrogen-bond acceptors (Lipinski definition) is 5. The van der Waals surface area contributed by atoms with Crippen LogP contribution in [0.1, 0.15) is 26.5 Å². The molecule has 0 saturated carbocycles. The van der Waals surface area contributed by atoms with E-state index in [0.29, 0.717) is 24.1 Å². The van der Waals surface area contributed by atoms with Crippen LogP contribution in [-0.4, -0.2) is 22.4 Å². The summed E-state index contributed by atoms with van der Waals surface area (Å²) in [5.74, 6) is -0.174. The summed E-state index contributed by atoms with van der Waals surface area (Å²) in [4.78, 5) is 22.0. The van der Waals surface area contributed by atoms with Gasteiger partial charge in [-0.1, -0.05) is 6.07 Å². The van der Waals surface area contributed by atoms with Crippen LogP contribution in [0.4, 0.5) is 0 Å². The SMILES string of the molecule is Cc1nc(-c2cccnc2)sc1CCNC(=O)c1cccc(C#N)c1. The molecule has 0 atom stereocenters. The molecule has 0 aliphatic heterocycles. The predicted octanol–water partition coefficient (Wildman–Crippen LogP) is 3.36. The Hall–Kier alpha value is -3.04. The van der Waals surface area contributed by atoms with E-state index in [1.165, 1.54) is 0 Å². The summed E-state index contributed by atoms with van der Waals surface area (Å²) in [6, 6.07) is 12.6. The highest BCUT2D eigenvalue weighted by Gasteiger charge is 2.11. The zero-order valence-electron chi connectivity index (χ0n) is 13.7. The van der Waals surface area contributed by atoms with Gasteiger partial charge in [0.05, 0.1) is 17.3 Å². The Kier molecular flexibility index (Phi) is 5.17. The van der Waals surface area contributed by atoms with Gasteiger partial charge in [-0.25, -0.2) is 4.98 Å². The number of carbonyl (C=O) groups is 1. The summed E-state index contributed by atoms with van der Waals surface area (Å²) < 4.78 is 0. The van der Waals surface area contributed by atoms with Crippen LogP contribution in [-0.2, 0) is 6.42 Å². The number of benzene rings is 1. The first-order valence-electron chi connectivity index (χ1n) is 7.82. The number of aromatic nitrogens is 2. The molecule has 0 radical (unpaired) electrons. The third-order valence-corrected chi connectivity index (χ3v) is 4.96. The van der Waals surface area contributed by atoms with E-state index in [4.69, 9.17) is 5.26 Å². The number of thiazole rings is 1. The van der Waals surface area contributed by atoms with Crippen molar-refractivity contribution in [2.45, 2.75) is 13.3 Å². The topological polar surface area (TPSA) is 78.7 Å². The van der Waals surface area contributed by atoms with E-state index in [-0.39, 0.29) is 5.91 Å². The van der Waals surface area contributed by atoms with Crippen molar-refractivity contribution in [2.24, 2.45) is 0 Å². The number of rotatable bonds is 5. The molecule has 0 aliphatic carbocycles. The number of hydrogen-bond donors (Lipinski definition) is 1. The molecule has 0 unspecified atom stereocenters. The van der Waals surface area contributed by atoms with Crippen LogP contribution in [0.15, 0.2) is 48.8 Å². The van der Waals surface area contributed by atoms with Gasteiger partial charge in [0.25, 0.3) is 5.91 Å². The van der Waals surface area contributed by atoms with Crippen molar-refractivity contribution in [1.29, 1.82) is 5.26 Å². The van der Waals surface area contributed by atoms with Gasteiger partial charge >= 0.3 is 0 Å². The second-order valence-corrected chi connectivity index (χ2v) is 6.55. The first-order chi connectivity index (χ1) is 12.2. The van der Waals surface area contributed by atoms with Crippen molar-refractivity contribution >= 4 is 17.2 Å². The van der Waals surface area contributed by atoms with Gasteiger partial charge in [0.2, 0.25) is 0 Å². The number of nitrogens with zero attached hydrogens (tertiary/aromatic N) is 3. The third-order valence-electron chi connectivity index (χ3n) is 3.69. The van der Waals surface area contributed by atoms with Crippen molar-refractivity contribution in [1.82, 2.24) is 15.3 Å². The first-order valence-corrected chi connectivity index (χ1v) is 8.64. The minimum atomic E-state index is -0.174. The van der Waals surface area contributed by atoms with E-state index >= 15 is 0 Å². The fourth-order valence-corrected chi connectivity index (χ4v) is 3.45. The fraction of sp³-hybridized carbons (Fsp3) is 0.158. The molecule has 3 aromatic rings. The summed E-state index contributed by atoms with van der Waals surface area (Å²) >= 11 is 1.62. The number of carbonyl (C=O) groups excluding carboxylic acids is 1. The maximum atomic E-state index is 12.2. The lowest BCUT2D eigenvalue weighted by molar-refractivity contribution is 0.0954. The quantitative estimate of drug-likeness (QED) is 0.767. The zero-order chi connectivity index (χ0) is 17.6. The second-order valence-electron chi connectivity index (χ2n) is 5.47.